The number of guanidine groups is 1. The number of carbonyl (C=O) groups is 1. The maximum Gasteiger partial charge on any atom is 0.259 e. The molecule has 1 aliphatic rings. The lowest BCUT2D eigenvalue weighted by Crippen LogP contribution is -2.38. The summed E-state index contributed by atoms with van der Waals surface area (Å²) >= 11 is 0. The van der Waals surface area contributed by atoms with Crippen LogP contribution in [-0.4, -0.2) is 63.3 Å². The second kappa shape index (κ2) is 13.9. The third-order valence-electron chi connectivity index (χ3n) is 5.04. The molecule has 30 heavy (non-hydrogen) atoms. The lowest BCUT2D eigenvalue weighted by molar-refractivity contribution is -0.130. The van der Waals surface area contributed by atoms with Gasteiger partial charge in [-0.05, 0) is 43.9 Å². The predicted molar refractivity (Wildman–Crippen MR) is 121 cm³/mol. The normalized spacial score (nSPS) is 15.0. The van der Waals surface area contributed by atoms with Gasteiger partial charge in [0.25, 0.3) is 5.91 Å². The van der Waals surface area contributed by atoms with Gasteiger partial charge in [0.05, 0.1) is 12.6 Å². The Morgan fingerprint density at radius 3 is 2.73 bits per heavy atom. The molecular weight excluding hydrogens is 380 g/mol. The van der Waals surface area contributed by atoms with Gasteiger partial charge < -0.3 is 25.0 Å². The summed E-state index contributed by atoms with van der Waals surface area (Å²) in [6.07, 6.45) is 7.81. The number of aliphatic imine (C=N–C) groups is 1. The van der Waals surface area contributed by atoms with Crippen LogP contribution in [0, 0.1) is 0 Å². The number of rotatable bonds is 11. The number of carbonyl (C=O) groups excluding carboxylic acids is 1. The molecule has 0 heterocycles. The van der Waals surface area contributed by atoms with Gasteiger partial charge in [-0.2, -0.15) is 0 Å². The van der Waals surface area contributed by atoms with Gasteiger partial charge in [-0.25, -0.2) is 4.99 Å². The summed E-state index contributed by atoms with van der Waals surface area (Å²) in [6.45, 7) is 5.05. The second-order valence-electron chi connectivity index (χ2n) is 7.83. The number of nitrogens with one attached hydrogen (secondary N) is 2. The third kappa shape index (κ3) is 9.48. The highest BCUT2D eigenvalue weighted by molar-refractivity contribution is 5.79. The molecule has 7 heteroatoms. The van der Waals surface area contributed by atoms with Gasteiger partial charge in [0, 0.05) is 33.8 Å². The summed E-state index contributed by atoms with van der Waals surface area (Å²) in [4.78, 5) is 17.9. The number of nitrogens with zero attached hydrogens (tertiary/aromatic N) is 2. The lowest BCUT2D eigenvalue weighted by atomic mass is 9.98. The molecule has 1 aliphatic carbocycles. The first-order valence-corrected chi connectivity index (χ1v) is 11.1. The van der Waals surface area contributed by atoms with Crippen LogP contribution in [0.5, 0.6) is 5.75 Å². The molecule has 1 aromatic rings. The maximum atomic E-state index is 11.7. The minimum absolute atomic E-state index is 0.0346. The van der Waals surface area contributed by atoms with E-state index in [4.69, 9.17) is 9.47 Å². The van der Waals surface area contributed by atoms with Crippen molar-refractivity contribution in [2.24, 2.45) is 4.99 Å². The van der Waals surface area contributed by atoms with Crippen LogP contribution < -0.4 is 15.4 Å². The minimum Gasteiger partial charge on any atom is -0.484 e. The molecule has 0 aromatic heterocycles. The summed E-state index contributed by atoms with van der Waals surface area (Å²) in [5, 5.41) is 6.65. The number of benzene rings is 1. The van der Waals surface area contributed by atoms with E-state index in [2.05, 4.69) is 22.5 Å². The Hall–Kier alpha value is -2.28. The summed E-state index contributed by atoms with van der Waals surface area (Å²) in [6, 6.07) is 7.70. The van der Waals surface area contributed by atoms with E-state index in [1.165, 1.54) is 37.0 Å². The smallest absolute Gasteiger partial charge is 0.259 e. The summed E-state index contributed by atoms with van der Waals surface area (Å²) in [5.41, 5.74) is 1.03. The van der Waals surface area contributed by atoms with Gasteiger partial charge >= 0.3 is 0 Å². The Kier molecular flexibility index (Phi) is 11.1. The Bertz CT molecular complexity index is 658. The van der Waals surface area contributed by atoms with Crippen molar-refractivity contribution in [3.05, 3.63) is 29.8 Å². The minimum atomic E-state index is -0.0653. The zero-order valence-corrected chi connectivity index (χ0v) is 18.8. The van der Waals surface area contributed by atoms with E-state index >= 15 is 0 Å². The molecule has 2 N–H and O–H groups in total. The topological polar surface area (TPSA) is 75.2 Å². The van der Waals surface area contributed by atoms with Crippen LogP contribution in [-0.2, 0) is 16.1 Å². The highest BCUT2D eigenvalue weighted by Crippen LogP contribution is 2.20. The number of likely N-dealkylation sites (N-methyl/N-ethyl adjacent to an activating group) is 1. The number of hydrogen-bond donors (Lipinski definition) is 2. The third-order valence-corrected chi connectivity index (χ3v) is 5.04. The molecular formula is C23H38N4O3. The Morgan fingerprint density at radius 2 is 2.00 bits per heavy atom. The molecule has 1 fully saturated rings. The first kappa shape index (κ1) is 24.0. The lowest BCUT2D eigenvalue weighted by Gasteiger charge is -2.22. The molecule has 2 rings (SSSR count). The van der Waals surface area contributed by atoms with Crippen molar-refractivity contribution < 1.29 is 14.3 Å². The van der Waals surface area contributed by atoms with Gasteiger partial charge in [0.15, 0.2) is 12.6 Å². The maximum absolute atomic E-state index is 11.7. The highest BCUT2D eigenvalue weighted by atomic mass is 16.5. The van der Waals surface area contributed by atoms with E-state index in [-0.39, 0.29) is 12.5 Å². The standard InChI is InChI=1S/C23H38N4O3/c1-4-24-23(25-14-9-15-29-20-11-6-5-7-12-20)26-17-19-10-8-13-21(16-19)30-18-22(28)27(2)3/h8,10,13,16,20H,4-7,9,11-12,14-15,17-18H2,1-3H3,(H2,24,25,26). The number of ether oxygens (including phenoxy) is 2. The van der Waals surface area contributed by atoms with E-state index in [1.54, 1.807) is 14.1 Å². The average molecular weight is 419 g/mol. The van der Waals surface area contributed by atoms with Crippen LogP contribution in [0.1, 0.15) is 51.0 Å². The summed E-state index contributed by atoms with van der Waals surface area (Å²) in [5.74, 6) is 1.41. The van der Waals surface area contributed by atoms with Crippen LogP contribution in [0.4, 0.5) is 0 Å². The molecule has 0 atom stereocenters. The molecule has 7 nitrogen and oxygen atoms in total. The van der Waals surface area contributed by atoms with Crippen molar-refractivity contribution in [3.63, 3.8) is 0 Å². The molecule has 0 radical (unpaired) electrons. The fourth-order valence-corrected chi connectivity index (χ4v) is 3.28. The van der Waals surface area contributed by atoms with Crippen LogP contribution >= 0.6 is 0 Å². The fraction of sp³-hybridized carbons (Fsp3) is 0.652. The van der Waals surface area contributed by atoms with Crippen molar-refractivity contribution in [2.75, 3.05) is 40.4 Å². The van der Waals surface area contributed by atoms with Gasteiger partial charge in [-0.1, -0.05) is 31.4 Å². The zero-order valence-electron chi connectivity index (χ0n) is 18.8. The predicted octanol–water partition coefficient (Wildman–Crippen LogP) is 2.95. The van der Waals surface area contributed by atoms with E-state index in [9.17, 15) is 4.79 Å². The quantitative estimate of drug-likeness (QED) is 0.328. The van der Waals surface area contributed by atoms with Gasteiger partial charge in [0.1, 0.15) is 5.75 Å². The Labute approximate surface area is 181 Å². The Morgan fingerprint density at radius 1 is 1.20 bits per heavy atom. The van der Waals surface area contributed by atoms with Gasteiger partial charge in [0.2, 0.25) is 0 Å². The zero-order chi connectivity index (χ0) is 21.6. The molecule has 0 unspecified atom stereocenters. The first-order valence-electron chi connectivity index (χ1n) is 11.1. The largest absolute Gasteiger partial charge is 0.484 e. The van der Waals surface area contributed by atoms with Crippen molar-refractivity contribution in [3.8, 4) is 5.75 Å². The van der Waals surface area contributed by atoms with Gasteiger partial charge in [-0.15, -0.1) is 0 Å². The van der Waals surface area contributed by atoms with E-state index in [0.29, 0.717) is 18.4 Å². The van der Waals surface area contributed by atoms with Crippen molar-refractivity contribution in [2.45, 2.75) is 58.1 Å². The van der Waals surface area contributed by atoms with Crippen molar-refractivity contribution in [1.82, 2.24) is 15.5 Å². The second-order valence-corrected chi connectivity index (χ2v) is 7.83. The van der Waals surface area contributed by atoms with Crippen LogP contribution in [0.2, 0.25) is 0 Å². The van der Waals surface area contributed by atoms with Gasteiger partial charge in [-0.3, -0.25) is 4.79 Å². The van der Waals surface area contributed by atoms with E-state index < -0.39 is 0 Å². The van der Waals surface area contributed by atoms with Crippen molar-refractivity contribution >= 4 is 11.9 Å². The Balaban J connectivity index is 1.74. The fourth-order valence-electron chi connectivity index (χ4n) is 3.28. The summed E-state index contributed by atoms with van der Waals surface area (Å²) in [7, 11) is 3.43. The molecule has 1 amide bonds. The monoisotopic (exact) mass is 418 g/mol. The van der Waals surface area contributed by atoms with Crippen molar-refractivity contribution in [1.29, 1.82) is 0 Å². The van der Waals surface area contributed by atoms with E-state index in [1.807, 2.05) is 24.3 Å². The van der Waals surface area contributed by atoms with Crippen LogP contribution in [0.25, 0.3) is 0 Å². The molecule has 0 aliphatic heterocycles. The van der Waals surface area contributed by atoms with E-state index in [0.717, 1.165) is 37.6 Å². The molecule has 0 bridgehead atoms. The molecule has 1 saturated carbocycles. The molecule has 1 aromatic carbocycles. The number of amides is 1. The molecule has 0 spiro atoms. The SMILES string of the molecule is CCNC(=NCc1cccc(OCC(=O)N(C)C)c1)NCCCOC1CCCCC1. The van der Waals surface area contributed by atoms with Crippen LogP contribution in [0.15, 0.2) is 29.3 Å². The first-order chi connectivity index (χ1) is 14.6. The molecule has 0 saturated heterocycles. The highest BCUT2D eigenvalue weighted by Gasteiger charge is 2.13. The van der Waals surface area contributed by atoms with Crippen LogP contribution in [0.3, 0.4) is 0 Å². The summed E-state index contributed by atoms with van der Waals surface area (Å²) < 4.78 is 11.6. The number of hydrogen-bond acceptors (Lipinski definition) is 4. The molecule has 168 valence electrons. The average Bonchev–Trinajstić information content (AvgIpc) is 2.76.